The van der Waals surface area contributed by atoms with Crippen molar-refractivity contribution in [2.45, 2.75) is 70.7 Å². The number of nitrogens with one attached hydrogen (secondary N) is 2. The van der Waals surface area contributed by atoms with E-state index in [-0.39, 0.29) is 11.1 Å². The molecule has 0 amide bonds. The van der Waals surface area contributed by atoms with Crippen LogP contribution < -0.4 is 15.4 Å². The fraction of sp³-hybridized carbons (Fsp3) is 0.522. The summed E-state index contributed by atoms with van der Waals surface area (Å²) in [5.41, 5.74) is 1.31. The van der Waals surface area contributed by atoms with Crippen molar-refractivity contribution < 1.29 is 9.15 Å². The number of nitrogens with zero attached hydrogens (tertiary/aromatic N) is 1. The third kappa shape index (κ3) is 6.21. The minimum Gasteiger partial charge on any atom is -0.497 e. The maximum absolute atomic E-state index is 5.86. The first-order valence-electron chi connectivity index (χ1n) is 10.2. The van der Waals surface area contributed by atoms with Crippen LogP contribution in [0.4, 0.5) is 0 Å². The van der Waals surface area contributed by atoms with Gasteiger partial charge >= 0.3 is 0 Å². The molecular weight excluding hydrogens is 382 g/mol. The Morgan fingerprint density at radius 3 is 2.34 bits per heavy atom. The lowest BCUT2D eigenvalue weighted by Crippen LogP contribution is -2.62. The van der Waals surface area contributed by atoms with Crippen LogP contribution in [-0.2, 0) is 13.1 Å². The molecule has 1 fully saturated rings. The molecule has 2 N–H and O–H groups in total. The Morgan fingerprint density at radius 2 is 1.79 bits per heavy atom. The number of rotatable bonds is 6. The Hall–Kier alpha value is -2.05. The van der Waals surface area contributed by atoms with E-state index in [1.54, 1.807) is 13.4 Å². The van der Waals surface area contributed by atoms with Gasteiger partial charge in [0.15, 0.2) is 5.11 Å². The summed E-state index contributed by atoms with van der Waals surface area (Å²) in [5, 5.41) is 8.12. The molecule has 0 bridgehead atoms. The number of methoxy groups -OCH3 is 1. The number of hydrogen-bond donors (Lipinski definition) is 2. The largest absolute Gasteiger partial charge is 0.497 e. The molecule has 6 heteroatoms. The van der Waals surface area contributed by atoms with Crippen LogP contribution in [0.25, 0.3) is 0 Å². The predicted molar refractivity (Wildman–Crippen MR) is 121 cm³/mol. The summed E-state index contributed by atoms with van der Waals surface area (Å²) in [6, 6.07) is 12.3. The molecule has 0 spiro atoms. The Balaban J connectivity index is 1.73. The minimum atomic E-state index is 0.0663. The van der Waals surface area contributed by atoms with Crippen molar-refractivity contribution in [1.29, 1.82) is 0 Å². The highest BCUT2D eigenvalue weighted by molar-refractivity contribution is 7.80. The van der Waals surface area contributed by atoms with E-state index in [0.717, 1.165) is 29.5 Å². The molecule has 0 aliphatic carbocycles. The van der Waals surface area contributed by atoms with Crippen LogP contribution in [0.1, 0.15) is 51.9 Å². The van der Waals surface area contributed by atoms with E-state index < -0.39 is 0 Å². The Bertz CT molecular complexity index is 784. The van der Waals surface area contributed by atoms with E-state index in [1.807, 2.05) is 24.3 Å². The van der Waals surface area contributed by atoms with E-state index in [4.69, 9.17) is 21.4 Å². The number of benzene rings is 1. The lowest BCUT2D eigenvalue weighted by molar-refractivity contribution is 0.153. The third-order valence-electron chi connectivity index (χ3n) is 5.26. The van der Waals surface area contributed by atoms with Gasteiger partial charge < -0.3 is 24.7 Å². The zero-order chi connectivity index (χ0) is 21.1. The molecule has 1 aromatic heterocycles. The SMILES string of the molecule is COc1ccc(CN(Cc2ccco2)C(=S)NC2CC(C)(C)NC(C)(C)C2)cc1. The quantitative estimate of drug-likeness (QED) is 0.679. The molecule has 29 heavy (non-hydrogen) atoms. The molecule has 1 aromatic carbocycles. The molecular formula is C23H33N3O2S. The van der Waals surface area contributed by atoms with E-state index >= 15 is 0 Å². The molecule has 0 atom stereocenters. The van der Waals surface area contributed by atoms with Gasteiger partial charge in [0.2, 0.25) is 0 Å². The van der Waals surface area contributed by atoms with Gasteiger partial charge in [-0.1, -0.05) is 12.1 Å². The van der Waals surface area contributed by atoms with Gasteiger partial charge in [-0.3, -0.25) is 0 Å². The van der Waals surface area contributed by atoms with Crippen LogP contribution in [0.3, 0.4) is 0 Å². The zero-order valence-electron chi connectivity index (χ0n) is 18.1. The fourth-order valence-corrected chi connectivity index (χ4v) is 4.73. The van der Waals surface area contributed by atoms with Gasteiger partial charge in [0.25, 0.3) is 0 Å². The van der Waals surface area contributed by atoms with Gasteiger partial charge in [-0.05, 0) is 82.6 Å². The Morgan fingerprint density at radius 1 is 1.14 bits per heavy atom. The summed E-state index contributed by atoms with van der Waals surface area (Å²) in [6.45, 7) is 10.3. The van der Waals surface area contributed by atoms with E-state index in [9.17, 15) is 0 Å². The molecule has 5 nitrogen and oxygen atoms in total. The second kappa shape index (κ2) is 8.76. The number of piperidine rings is 1. The van der Waals surface area contributed by atoms with Gasteiger partial charge in [0.1, 0.15) is 11.5 Å². The first kappa shape index (κ1) is 21.7. The second-order valence-corrected chi connectivity index (χ2v) is 9.62. The number of furan rings is 1. The topological polar surface area (TPSA) is 49.7 Å². The molecule has 2 heterocycles. The Kier molecular flexibility index (Phi) is 6.54. The average Bonchev–Trinajstić information content (AvgIpc) is 3.12. The summed E-state index contributed by atoms with van der Waals surface area (Å²) < 4.78 is 10.9. The summed E-state index contributed by atoms with van der Waals surface area (Å²) >= 11 is 5.86. The molecule has 1 aliphatic heterocycles. The first-order valence-corrected chi connectivity index (χ1v) is 10.6. The van der Waals surface area contributed by atoms with E-state index in [0.29, 0.717) is 19.1 Å². The predicted octanol–water partition coefficient (Wildman–Crippen LogP) is 4.47. The highest BCUT2D eigenvalue weighted by atomic mass is 32.1. The molecule has 0 radical (unpaired) electrons. The molecule has 2 aromatic rings. The maximum Gasteiger partial charge on any atom is 0.169 e. The average molecular weight is 416 g/mol. The molecule has 0 unspecified atom stereocenters. The smallest absolute Gasteiger partial charge is 0.169 e. The minimum absolute atomic E-state index is 0.0663. The summed E-state index contributed by atoms with van der Waals surface area (Å²) in [6.07, 6.45) is 3.75. The van der Waals surface area contributed by atoms with E-state index in [2.05, 4.69) is 55.4 Å². The molecule has 158 valence electrons. The number of hydrogen-bond acceptors (Lipinski definition) is 4. The lowest BCUT2D eigenvalue weighted by Gasteiger charge is -2.47. The van der Waals surface area contributed by atoms with Crippen molar-refractivity contribution in [3.05, 3.63) is 54.0 Å². The van der Waals surface area contributed by atoms with Crippen LogP contribution in [0.2, 0.25) is 0 Å². The van der Waals surface area contributed by atoms with Gasteiger partial charge in [0.05, 0.1) is 19.9 Å². The van der Waals surface area contributed by atoms with Gasteiger partial charge in [0, 0.05) is 23.7 Å². The van der Waals surface area contributed by atoms with Gasteiger partial charge in [-0.2, -0.15) is 0 Å². The summed E-state index contributed by atoms with van der Waals surface area (Å²) in [7, 11) is 1.68. The van der Waals surface area contributed by atoms with Crippen LogP contribution >= 0.6 is 12.2 Å². The highest BCUT2D eigenvalue weighted by Crippen LogP contribution is 2.28. The van der Waals surface area contributed by atoms with Crippen LogP contribution in [0.15, 0.2) is 47.1 Å². The van der Waals surface area contributed by atoms with Crippen molar-refractivity contribution in [1.82, 2.24) is 15.5 Å². The van der Waals surface area contributed by atoms with Gasteiger partial charge in [-0.15, -0.1) is 0 Å². The van der Waals surface area contributed by atoms with Crippen LogP contribution in [0.5, 0.6) is 5.75 Å². The first-order chi connectivity index (χ1) is 13.7. The standard InChI is InChI=1S/C23H33N3O2S/c1-22(2)13-18(14-23(3,4)25-22)24-21(29)26(16-20-7-6-12-28-20)15-17-8-10-19(27-5)11-9-17/h6-12,18,25H,13-16H2,1-5H3,(H,24,29). The fourth-order valence-electron chi connectivity index (χ4n) is 4.43. The van der Waals surface area contributed by atoms with Crippen LogP contribution in [-0.4, -0.2) is 34.2 Å². The highest BCUT2D eigenvalue weighted by Gasteiger charge is 2.38. The summed E-state index contributed by atoms with van der Waals surface area (Å²) in [5.74, 6) is 1.75. The van der Waals surface area contributed by atoms with Crippen molar-refractivity contribution >= 4 is 17.3 Å². The second-order valence-electron chi connectivity index (χ2n) is 9.23. The zero-order valence-corrected chi connectivity index (χ0v) is 18.9. The van der Waals surface area contributed by atoms with Crippen molar-refractivity contribution in [2.24, 2.45) is 0 Å². The number of thiocarbonyl (C=S) groups is 1. The van der Waals surface area contributed by atoms with E-state index in [1.165, 1.54) is 5.56 Å². The van der Waals surface area contributed by atoms with Crippen LogP contribution in [0, 0.1) is 0 Å². The molecule has 3 rings (SSSR count). The summed E-state index contributed by atoms with van der Waals surface area (Å²) in [4.78, 5) is 2.16. The monoisotopic (exact) mass is 415 g/mol. The third-order valence-corrected chi connectivity index (χ3v) is 5.64. The normalized spacial score (nSPS) is 18.2. The Labute approximate surface area is 179 Å². The van der Waals surface area contributed by atoms with Crippen molar-refractivity contribution in [3.63, 3.8) is 0 Å². The van der Waals surface area contributed by atoms with Crippen molar-refractivity contribution in [3.8, 4) is 5.75 Å². The number of ether oxygens (including phenoxy) is 1. The molecule has 0 saturated carbocycles. The molecule has 1 aliphatic rings. The maximum atomic E-state index is 5.86. The molecule has 1 saturated heterocycles. The lowest BCUT2D eigenvalue weighted by atomic mass is 9.80. The van der Waals surface area contributed by atoms with Gasteiger partial charge in [-0.25, -0.2) is 0 Å². The van der Waals surface area contributed by atoms with Crippen molar-refractivity contribution in [2.75, 3.05) is 7.11 Å².